The zero-order valence-electron chi connectivity index (χ0n) is 10.4. The van der Waals surface area contributed by atoms with Crippen LogP contribution in [0.15, 0.2) is 12.1 Å². The molecule has 0 aliphatic rings. The molecule has 1 aromatic rings. The maximum absolute atomic E-state index is 3.52. The topological polar surface area (TPSA) is 12.0 Å². The first-order valence-corrected chi connectivity index (χ1v) is 6.65. The van der Waals surface area contributed by atoms with Gasteiger partial charge in [-0.3, -0.25) is 0 Å². The molecule has 1 nitrogen and oxygen atoms in total. The molecule has 0 bridgehead atoms. The predicted octanol–water partition coefficient (Wildman–Crippen LogP) is 3.63. The van der Waals surface area contributed by atoms with E-state index in [2.05, 4.69) is 45.1 Å². The minimum atomic E-state index is 0.254. The Morgan fingerprint density at radius 2 is 1.87 bits per heavy atom. The number of hydrogen-bond donors (Lipinski definition) is 1. The summed E-state index contributed by atoms with van der Waals surface area (Å²) in [4.78, 5) is 3.04. The summed E-state index contributed by atoms with van der Waals surface area (Å²) in [6.45, 7) is 9.98. The van der Waals surface area contributed by atoms with E-state index >= 15 is 0 Å². The van der Waals surface area contributed by atoms with Crippen molar-refractivity contribution in [3.63, 3.8) is 0 Å². The lowest BCUT2D eigenvalue weighted by atomic mass is 10.1. The summed E-state index contributed by atoms with van der Waals surface area (Å²) in [6, 6.07) is 4.54. The van der Waals surface area contributed by atoms with Crippen LogP contribution < -0.4 is 5.32 Å². The van der Waals surface area contributed by atoms with Crippen molar-refractivity contribution in [1.82, 2.24) is 5.32 Å². The summed E-state index contributed by atoms with van der Waals surface area (Å²) < 4.78 is 0. The maximum Gasteiger partial charge on any atom is 0.00965 e. The lowest BCUT2D eigenvalue weighted by molar-refractivity contribution is 0.422. The van der Waals surface area contributed by atoms with Gasteiger partial charge in [-0.2, -0.15) is 0 Å². The second-order valence-electron chi connectivity index (χ2n) is 5.00. The zero-order chi connectivity index (χ0) is 11.3. The van der Waals surface area contributed by atoms with Gasteiger partial charge in [-0.25, -0.2) is 0 Å². The molecule has 0 aliphatic heterocycles. The third-order valence-corrected chi connectivity index (χ3v) is 3.61. The van der Waals surface area contributed by atoms with Crippen LogP contribution in [0.2, 0.25) is 0 Å². The fourth-order valence-corrected chi connectivity index (χ4v) is 2.47. The Hall–Kier alpha value is -0.340. The Labute approximate surface area is 97.9 Å². The smallest absolute Gasteiger partial charge is 0.00965 e. The molecule has 1 N–H and O–H groups in total. The number of thiophene rings is 1. The minimum Gasteiger partial charge on any atom is -0.312 e. The molecule has 0 unspecified atom stereocenters. The molecule has 0 aliphatic carbocycles. The maximum atomic E-state index is 3.52. The van der Waals surface area contributed by atoms with E-state index in [1.165, 1.54) is 29.0 Å². The van der Waals surface area contributed by atoms with Gasteiger partial charge in [-0.15, -0.1) is 11.3 Å². The lowest BCUT2D eigenvalue weighted by Crippen LogP contribution is -2.36. The van der Waals surface area contributed by atoms with Gasteiger partial charge in [0.25, 0.3) is 0 Å². The molecule has 86 valence electrons. The van der Waals surface area contributed by atoms with E-state index in [-0.39, 0.29) is 5.54 Å². The van der Waals surface area contributed by atoms with Crippen molar-refractivity contribution < 1.29 is 0 Å². The summed E-state index contributed by atoms with van der Waals surface area (Å²) in [6.07, 6.45) is 3.62. The summed E-state index contributed by atoms with van der Waals surface area (Å²) in [5.41, 5.74) is 0.254. The van der Waals surface area contributed by atoms with Crippen molar-refractivity contribution in [2.24, 2.45) is 0 Å². The first-order valence-electron chi connectivity index (χ1n) is 5.84. The van der Waals surface area contributed by atoms with Crippen LogP contribution in [0.5, 0.6) is 0 Å². The molecule has 0 atom stereocenters. The highest BCUT2D eigenvalue weighted by molar-refractivity contribution is 7.11. The standard InChI is InChI=1S/C13H23NS/c1-5-11-8-9-12(15-11)7-6-10-14-13(2,3)4/h8-9,14H,5-7,10H2,1-4H3. The molecular weight excluding hydrogens is 202 g/mol. The van der Waals surface area contributed by atoms with Gasteiger partial charge in [-0.1, -0.05) is 6.92 Å². The molecule has 0 spiro atoms. The summed E-state index contributed by atoms with van der Waals surface area (Å²) >= 11 is 1.96. The largest absolute Gasteiger partial charge is 0.312 e. The molecule has 0 aromatic carbocycles. The molecule has 1 aromatic heterocycles. The van der Waals surface area contributed by atoms with Gasteiger partial charge in [0.1, 0.15) is 0 Å². The zero-order valence-corrected chi connectivity index (χ0v) is 11.2. The van der Waals surface area contributed by atoms with Crippen molar-refractivity contribution in [3.8, 4) is 0 Å². The van der Waals surface area contributed by atoms with Gasteiger partial charge >= 0.3 is 0 Å². The van der Waals surface area contributed by atoms with E-state index < -0.39 is 0 Å². The van der Waals surface area contributed by atoms with Crippen molar-refractivity contribution >= 4 is 11.3 Å². The highest BCUT2D eigenvalue weighted by atomic mass is 32.1. The third-order valence-electron chi connectivity index (χ3n) is 2.32. The van der Waals surface area contributed by atoms with Crippen LogP contribution in [0.25, 0.3) is 0 Å². The molecule has 0 amide bonds. The van der Waals surface area contributed by atoms with Gasteiger partial charge in [-0.05, 0) is 58.7 Å². The van der Waals surface area contributed by atoms with E-state index in [1.807, 2.05) is 11.3 Å². The fraction of sp³-hybridized carbons (Fsp3) is 0.692. The van der Waals surface area contributed by atoms with Gasteiger partial charge in [0.05, 0.1) is 0 Å². The summed E-state index contributed by atoms with van der Waals surface area (Å²) in [7, 11) is 0. The Bertz CT molecular complexity index is 283. The normalized spacial score (nSPS) is 12.0. The van der Waals surface area contributed by atoms with Crippen LogP contribution in [0.4, 0.5) is 0 Å². The van der Waals surface area contributed by atoms with E-state index in [1.54, 1.807) is 0 Å². The minimum absolute atomic E-state index is 0.254. The van der Waals surface area contributed by atoms with Crippen LogP contribution in [0.3, 0.4) is 0 Å². The Morgan fingerprint density at radius 1 is 1.20 bits per heavy atom. The van der Waals surface area contributed by atoms with E-state index in [9.17, 15) is 0 Å². The summed E-state index contributed by atoms with van der Waals surface area (Å²) in [5, 5.41) is 3.52. The molecule has 1 heterocycles. The number of nitrogens with one attached hydrogen (secondary N) is 1. The van der Waals surface area contributed by atoms with Crippen molar-refractivity contribution in [2.45, 2.75) is 52.5 Å². The van der Waals surface area contributed by atoms with E-state index in [4.69, 9.17) is 0 Å². The van der Waals surface area contributed by atoms with Crippen LogP contribution in [0.1, 0.15) is 43.9 Å². The third kappa shape index (κ3) is 5.33. The van der Waals surface area contributed by atoms with Crippen LogP contribution >= 0.6 is 11.3 Å². The van der Waals surface area contributed by atoms with Gasteiger partial charge in [0.2, 0.25) is 0 Å². The van der Waals surface area contributed by atoms with Crippen molar-refractivity contribution in [3.05, 3.63) is 21.9 Å². The second kappa shape index (κ2) is 5.66. The second-order valence-corrected chi connectivity index (χ2v) is 6.25. The molecule has 0 saturated carbocycles. The highest BCUT2D eigenvalue weighted by Crippen LogP contribution is 2.18. The molecule has 0 fully saturated rings. The Kier molecular flexibility index (Phi) is 4.81. The SMILES string of the molecule is CCc1ccc(CCCNC(C)(C)C)s1. The first-order chi connectivity index (χ1) is 7.01. The van der Waals surface area contributed by atoms with Gasteiger partial charge in [0, 0.05) is 15.3 Å². The monoisotopic (exact) mass is 225 g/mol. The average molecular weight is 225 g/mol. The number of aryl methyl sites for hydroxylation is 2. The molecule has 15 heavy (non-hydrogen) atoms. The van der Waals surface area contributed by atoms with Gasteiger partial charge in [0.15, 0.2) is 0 Å². The number of hydrogen-bond acceptors (Lipinski definition) is 2. The highest BCUT2D eigenvalue weighted by Gasteiger charge is 2.07. The van der Waals surface area contributed by atoms with Crippen LogP contribution in [-0.4, -0.2) is 12.1 Å². The van der Waals surface area contributed by atoms with E-state index in [0.29, 0.717) is 0 Å². The van der Waals surface area contributed by atoms with Crippen LogP contribution in [0, 0.1) is 0 Å². The first kappa shape index (κ1) is 12.7. The van der Waals surface area contributed by atoms with E-state index in [0.717, 1.165) is 6.54 Å². The van der Waals surface area contributed by atoms with Crippen molar-refractivity contribution in [1.29, 1.82) is 0 Å². The average Bonchev–Trinajstić information content (AvgIpc) is 2.59. The molecule has 1 rings (SSSR count). The lowest BCUT2D eigenvalue weighted by Gasteiger charge is -2.20. The Morgan fingerprint density at radius 3 is 2.40 bits per heavy atom. The number of rotatable bonds is 5. The van der Waals surface area contributed by atoms with Gasteiger partial charge < -0.3 is 5.32 Å². The summed E-state index contributed by atoms with van der Waals surface area (Å²) in [5.74, 6) is 0. The Balaban J connectivity index is 2.20. The molecule has 0 radical (unpaired) electrons. The van der Waals surface area contributed by atoms with Crippen LogP contribution in [-0.2, 0) is 12.8 Å². The molecule has 0 saturated heterocycles. The predicted molar refractivity (Wildman–Crippen MR) is 69.8 cm³/mol. The molecule has 2 heteroatoms. The molecular formula is C13H23NS. The fourth-order valence-electron chi connectivity index (χ4n) is 1.47. The van der Waals surface area contributed by atoms with Crippen molar-refractivity contribution in [2.75, 3.05) is 6.54 Å². The quantitative estimate of drug-likeness (QED) is 0.755.